The molecule has 9 heteroatoms. The Kier molecular flexibility index (Phi) is 5.66. The van der Waals surface area contributed by atoms with Crippen LogP contribution in [0.15, 0.2) is 59.5 Å². The van der Waals surface area contributed by atoms with E-state index in [4.69, 9.17) is 14.3 Å². The standard InChI is InChI=1S/C20H16N2O6S/c1-2-12-27-20(24)13-6-8-14(9-7-13)28-29(25,26)18-5-3-4-16-15(18)10-11-17(22-21)19(16)23/h3-11H,2,12H2,1H3. The molecule has 0 saturated heterocycles. The lowest BCUT2D eigenvalue weighted by atomic mass is 10.1. The minimum Gasteiger partial charge on any atom is -0.867 e. The number of carbonyl (C=O) groups is 1. The van der Waals surface area contributed by atoms with Gasteiger partial charge in [-0.3, -0.25) is 0 Å². The van der Waals surface area contributed by atoms with E-state index < -0.39 is 21.8 Å². The van der Waals surface area contributed by atoms with Crippen molar-refractivity contribution in [3.05, 3.63) is 65.1 Å². The number of hydrogen-bond acceptors (Lipinski definition) is 7. The van der Waals surface area contributed by atoms with E-state index in [0.717, 1.165) is 0 Å². The molecule has 0 fully saturated rings. The van der Waals surface area contributed by atoms with Crippen LogP contribution in [0, 0.1) is 5.39 Å². The summed E-state index contributed by atoms with van der Waals surface area (Å²) in [4.78, 5) is 14.5. The summed E-state index contributed by atoms with van der Waals surface area (Å²) in [5, 5.41) is 21.3. The molecule has 29 heavy (non-hydrogen) atoms. The number of ether oxygens (including phenoxy) is 1. The largest absolute Gasteiger partial charge is 0.867 e. The molecule has 0 N–H and O–H groups in total. The fourth-order valence-corrected chi connectivity index (χ4v) is 3.83. The predicted molar refractivity (Wildman–Crippen MR) is 103 cm³/mol. The maximum atomic E-state index is 12.8. The highest BCUT2D eigenvalue weighted by molar-refractivity contribution is 7.87. The molecule has 148 valence electrons. The van der Waals surface area contributed by atoms with Crippen LogP contribution in [-0.4, -0.2) is 21.0 Å². The monoisotopic (exact) mass is 412 g/mol. The average molecular weight is 412 g/mol. The molecule has 0 unspecified atom stereocenters. The maximum Gasteiger partial charge on any atom is 0.378 e. The number of fused-ring (bicyclic) bond motifs is 1. The van der Waals surface area contributed by atoms with Crippen molar-refractivity contribution in [3.63, 3.8) is 0 Å². The van der Waals surface area contributed by atoms with E-state index in [-0.39, 0.29) is 32.7 Å². The van der Waals surface area contributed by atoms with Gasteiger partial charge in [-0.05, 0) is 54.0 Å². The normalized spacial score (nSPS) is 11.0. The molecule has 0 aliphatic carbocycles. The van der Waals surface area contributed by atoms with Crippen molar-refractivity contribution in [2.24, 2.45) is 0 Å². The first kappa shape index (κ1) is 20.1. The Morgan fingerprint density at radius 2 is 1.79 bits per heavy atom. The van der Waals surface area contributed by atoms with Gasteiger partial charge in [-0.25, -0.2) is 4.79 Å². The Bertz CT molecular complexity index is 1210. The summed E-state index contributed by atoms with van der Waals surface area (Å²) in [7, 11) is -4.27. The molecule has 0 atom stereocenters. The molecule has 3 rings (SSSR count). The molecule has 0 aliphatic heterocycles. The molecular weight excluding hydrogens is 396 g/mol. The van der Waals surface area contributed by atoms with Crippen LogP contribution in [0.2, 0.25) is 0 Å². The number of esters is 1. The van der Waals surface area contributed by atoms with Crippen LogP contribution in [0.25, 0.3) is 15.7 Å². The second-order valence-corrected chi connectivity index (χ2v) is 7.58. The lowest BCUT2D eigenvalue weighted by Gasteiger charge is -2.12. The van der Waals surface area contributed by atoms with Gasteiger partial charge < -0.3 is 14.0 Å². The average Bonchev–Trinajstić information content (AvgIpc) is 2.72. The highest BCUT2D eigenvalue weighted by Crippen LogP contribution is 2.35. The molecule has 0 bridgehead atoms. The Labute approximate surface area is 167 Å². The van der Waals surface area contributed by atoms with Gasteiger partial charge in [0.1, 0.15) is 10.6 Å². The molecular formula is C20H16N2O6S. The van der Waals surface area contributed by atoms with Gasteiger partial charge in [-0.2, -0.15) is 8.42 Å². The van der Waals surface area contributed by atoms with Gasteiger partial charge in [0.2, 0.25) is 5.39 Å². The number of hydrogen-bond donors (Lipinski definition) is 0. The summed E-state index contributed by atoms with van der Waals surface area (Å²) in [5.41, 5.74) is 0.0724. The van der Waals surface area contributed by atoms with Crippen molar-refractivity contribution in [1.29, 1.82) is 5.39 Å². The third-order valence-electron chi connectivity index (χ3n) is 4.06. The van der Waals surface area contributed by atoms with Gasteiger partial charge in [0.05, 0.1) is 12.2 Å². The van der Waals surface area contributed by atoms with Crippen molar-refractivity contribution in [1.82, 2.24) is 0 Å². The quantitative estimate of drug-likeness (QED) is 0.343. The van der Waals surface area contributed by atoms with Crippen LogP contribution in [0.1, 0.15) is 23.7 Å². The number of carbonyl (C=O) groups excluding carboxylic acids is 1. The lowest BCUT2D eigenvalue weighted by Crippen LogP contribution is -2.11. The van der Waals surface area contributed by atoms with Gasteiger partial charge in [0, 0.05) is 11.5 Å². The zero-order valence-corrected chi connectivity index (χ0v) is 16.2. The van der Waals surface area contributed by atoms with Crippen molar-refractivity contribution < 1.29 is 27.2 Å². The molecule has 3 aromatic carbocycles. The number of benzene rings is 3. The minimum absolute atomic E-state index is 0.00151. The van der Waals surface area contributed by atoms with E-state index in [2.05, 4.69) is 4.98 Å². The Balaban J connectivity index is 1.92. The SMILES string of the molecule is CCCOC(=O)c1ccc(OS(=O)(=O)c2cccc3c([O-])c([N+]#N)ccc23)cc1. The molecule has 0 saturated carbocycles. The van der Waals surface area contributed by atoms with E-state index in [1.54, 1.807) is 0 Å². The molecule has 0 amide bonds. The molecule has 0 heterocycles. The zero-order chi connectivity index (χ0) is 21.0. The minimum atomic E-state index is -4.27. The van der Waals surface area contributed by atoms with Crippen LogP contribution in [-0.2, 0) is 14.9 Å². The van der Waals surface area contributed by atoms with Crippen molar-refractivity contribution in [3.8, 4) is 11.5 Å². The van der Waals surface area contributed by atoms with Crippen molar-refractivity contribution >= 4 is 32.5 Å². The smallest absolute Gasteiger partial charge is 0.378 e. The second kappa shape index (κ2) is 8.16. The molecule has 0 aliphatic rings. The van der Waals surface area contributed by atoms with Gasteiger partial charge in [0.25, 0.3) is 0 Å². The highest BCUT2D eigenvalue weighted by Gasteiger charge is 2.22. The lowest BCUT2D eigenvalue weighted by molar-refractivity contribution is -0.264. The summed E-state index contributed by atoms with van der Waals surface area (Å²) in [5.74, 6) is -1.11. The molecule has 0 spiro atoms. The Morgan fingerprint density at radius 3 is 2.45 bits per heavy atom. The third-order valence-corrected chi connectivity index (χ3v) is 5.37. The Hall–Kier alpha value is -3.64. The van der Waals surface area contributed by atoms with Gasteiger partial charge >= 0.3 is 21.8 Å². The van der Waals surface area contributed by atoms with E-state index in [1.165, 1.54) is 54.6 Å². The second-order valence-electron chi connectivity index (χ2n) is 6.06. The van der Waals surface area contributed by atoms with Gasteiger partial charge in [-0.15, -0.1) is 0 Å². The third kappa shape index (κ3) is 4.12. The number of nitrogens with zero attached hydrogens (tertiary/aromatic N) is 2. The van der Waals surface area contributed by atoms with Crippen LogP contribution in [0.5, 0.6) is 11.5 Å². The van der Waals surface area contributed by atoms with E-state index in [9.17, 15) is 18.3 Å². The molecule has 0 aromatic heterocycles. The predicted octanol–water partition coefficient (Wildman–Crippen LogP) is 3.73. The van der Waals surface area contributed by atoms with Crippen LogP contribution in [0.3, 0.4) is 0 Å². The van der Waals surface area contributed by atoms with Gasteiger partial charge in [-0.1, -0.05) is 19.1 Å². The summed E-state index contributed by atoms with van der Waals surface area (Å²) >= 11 is 0. The fourth-order valence-electron chi connectivity index (χ4n) is 2.68. The zero-order valence-electron chi connectivity index (χ0n) is 15.4. The van der Waals surface area contributed by atoms with Crippen molar-refractivity contribution in [2.75, 3.05) is 6.61 Å². The number of diazo groups is 1. The number of rotatable bonds is 6. The Morgan fingerprint density at radius 1 is 1.07 bits per heavy atom. The van der Waals surface area contributed by atoms with Crippen LogP contribution < -0.4 is 9.29 Å². The molecule has 0 radical (unpaired) electrons. The summed E-state index contributed by atoms with van der Waals surface area (Å²) in [6.07, 6.45) is 0.690. The first-order valence-corrected chi connectivity index (χ1v) is 10.1. The first-order chi connectivity index (χ1) is 13.9. The molecule has 3 aromatic rings. The van der Waals surface area contributed by atoms with E-state index in [0.29, 0.717) is 13.0 Å². The highest BCUT2D eigenvalue weighted by atomic mass is 32.2. The van der Waals surface area contributed by atoms with E-state index >= 15 is 0 Å². The van der Waals surface area contributed by atoms with Crippen LogP contribution in [0.4, 0.5) is 5.69 Å². The van der Waals surface area contributed by atoms with E-state index in [1.807, 2.05) is 6.92 Å². The maximum absolute atomic E-state index is 12.8. The molecule has 8 nitrogen and oxygen atoms in total. The first-order valence-electron chi connectivity index (χ1n) is 8.67. The van der Waals surface area contributed by atoms with Gasteiger partial charge in [0.15, 0.2) is 4.98 Å². The van der Waals surface area contributed by atoms with Crippen molar-refractivity contribution in [2.45, 2.75) is 18.2 Å². The summed E-state index contributed by atoms with van der Waals surface area (Å²) < 4.78 is 35.7. The summed E-state index contributed by atoms with van der Waals surface area (Å²) in [6, 6.07) is 12.2. The fraction of sp³-hybridized carbons (Fsp3) is 0.150. The van der Waals surface area contributed by atoms with Crippen LogP contribution >= 0.6 is 0 Å². The summed E-state index contributed by atoms with van der Waals surface area (Å²) in [6.45, 7) is 2.16. The topological polar surface area (TPSA) is 121 Å².